The fourth-order valence-electron chi connectivity index (χ4n) is 1.77. The minimum absolute atomic E-state index is 0.543. The predicted octanol–water partition coefficient (Wildman–Crippen LogP) is 2.33. The average Bonchev–Trinajstić information content (AvgIpc) is 2.42. The Bertz CT molecular complexity index is 539. The predicted molar refractivity (Wildman–Crippen MR) is 76.7 cm³/mol. The fraction of sp³-hybridized carbons (Fsp3) is 0.357. The third-order valence-electron chi connectivity index (χ3n) is 2.87. The van der Waals surface area contributed by atoms with Gasteiger partial charge in [0.2, 0.25) is 0 Å². The molecular weight excluding hydrogens is 238 g/mol. The molecule has 0 radical (unpaired) electrons. The van der Waals surface area contributed by atoms with Crippen molar-refractivity contribution >= 4 is 11.6 Å². The van der Waals surface area contributed by atoms with E-state index in [2.05, 4.69) is 27.2 Å². The van der Waals surface area contributed by atoms with Gasteiger partial charge in [-0.15, -0.1) is 0 Å². The largest absolute Gasteiger partial charge is 0.383 e. The van der Waals surface area contributed by atoms with Crippen LogP contribution in [0.5, 0.6) is 0 Å². The van der Waals surface area contributed by atoms with Crippen molar-refractivity contribution in [2.24, 2.45) is 0 Å². The molecule has 2 heterocycles. The summed E-state index contributed by atoms with van der Waals surface area (Å²) in [6.45, 7) is 4.65. The van der Waals surface area contributed by atoms with E-state index in [-0.39, 0.29) is 0 Å². The summed E-state index contributed by atoms with van der Waals surface area (Å²) in [5, 5.41) is 3.28. The van der Waals surface area contributed by atoms with Gasteiger partial charge >= 0.3 is 0 Å². The molecule has 0 bridgehead atoms. The molecule has 3 N–H and O–H groups in total. The molecule has 0 saturated carbocycles. The molecule has 0 spiro atoms. The van der Waals surface area contributed by atoms with Gasteiger partial charge in [0.1, 0.15) is 17.5 Å². The highest BCUT2D eigenvalue weighted by Gasteiger charge is 2.08. The zero-order valence-electron chi connectivity index (χ0n) is 11.3. The zero-order chi connectivity index (χ0) is 13.7. The maximum atomic E-state index is 5.91. The molecule has 0 saturated heterocycles. The van der Waals surface area contributed by atoms with Crippen LogP contribution < -0.4 is 11.1 Å². The standard InChI is InChI=1S/C14H19N5/c1-3-6-12-18-13(15)10(2)14(19-12)17-9-11-7-4-5-8-16-11/h4-5,7-8H,3,6,9H2,1-2H3,(H3,15,17,18,19). The topological polar surface area (TPSA) is 76.7 Å². The Labute approximate surface area is 113 Å². The van der Waals surface area contributed by atoms with Crippen LogP contribution in [0.4, 0.5) is 11.6 Å². The summed E-state index contributed by atoms with van der Waals surface area (Å²) in [7, 11) is 0. The van der Waals surface area contributed by atoms with E-state index in [1.807, 2.05) is 25.1 Å². The van der Waals surface area contributed by atoms with Crippen LogP contribution in [0.1, 0.15) is 30.4 Å². The SMILES string of the molecule is CCCc1nc(N)c(C)c(NCc2ccccn2)n1. The Morgan fingerprint density at radius 3 is 2.79 bits per heavy atom. The molecule has 0 aliphatic heterocycles. The average molecular weight is 257 g/mol. The van der Waals surface area contributed by atoms with Gasteiger partial charge in [0.05, 0.1) is 12.2 Å². The number of nitrogen functional groups attached to an aromatic ring is 1. The van der Waals surface area contributed by atoms with E-state index >= 15 is 0 Å². The molecule has 0 unspecified atom stereocenters. The van der Waals surface area contributed by atoms with Crippen LogP contribution in [0, 0.1) is 6.92 Å². The summed E-state index contributed by atoms with van der Waals surface area (Å²) in [4.78, 5) is 13.1. The smallest absolute Gasteiger partial charge is 0.135 e. The van der Waals surface area contributed by atoms with Gasteiger partial charge in [-0.1, -0.05) is 13.0 Å². The lowest BCUT2D eigenvalue weighted by Gasteiger charge is -2.11. The van der Waals surface area contributed by atoms with E-state index in [1.54, 1.807) is 6.20 Å². The van der Waals surface area contributed by atoms with Crippen molar-refractivity contribution in [2.75, 3.05) is 11.1 Å². The van der Waals surface area contributed by atoms with E-state index < -0.39 is 0 Å². The number of hydrogen-bond donors (Lipinski definition) is 2. The van der Waals surface area contributed by atoms with Crippen LogP contribution in [-0.2, 0) is 13.0 Å². The first-order chi connectivity index (χ1) is 9.20. The van der Waals surface area contributed by atoms with Crippen LogP contribution in [-0.4, -0.2) is 15.0 Å². The molecule has 0 aliphatic carbocycles. The zero-order valence-corrected chi connectivity index (χ0v) is 11.3. The molecule has 0 aromatic carbocycles. The fourth-order valence-corrected chi connectivity index (χ4v) is 1.77. The Balaban J connectivity index is 2.15. The first kappa shape index (κ1) is 13.3. The third kappa shape index (κ3) is 3.40. The van der Waals surface area contributed by atoms with Gasteiger partial charge in [-0.05, 0) is 25.5 Å². The lowest BCUT2D eigenvalue weighted by molar-refractivity contribution is 0.832. The highest BCUT2D eigenvalue weighted by Crippen LogP contribution is 2.18. The summed E-state index contributed by atoms with van der Waals surface area (Å²) in [5.41, 5.74) is 7.77. The van der Waals surface area contributed by atoms with Gasteiger partial charge in [0.25, 0.3) is 0 Å². The number of anilines is 2. The van der Waals surface area contributed by atoms with Crippen molar-refractivity contribution in [3.05, 3.63) is 41.5 Å². The Hall–Kier alpha value is -2.17. The van der Waals surface area contributed by atoms with Crippen molar-refractivity contribution in [2.45, 2.75) is 33.2 Å². The molecule has 2 aromatic rings. The van der Waals surface area contributed by atoms with Crippen molar-refractivity contribution < 1.29 is 0 Å². The Morgan fingerprint density at radius 2 is 2.11 bits per heavy atom. The monoisotopic (exact) mass is 257 g/mol. The van der Waals surface area contributed by atoms with Crippen molar-refractivity contribution in [3.63, 3.8) is 0 Å². The number of nitrogens with one attached hydrogen (secondary N) is 1. The molecule has 5 heteroatoms. The first-order valence-corrected chi connectivity index (χ1v) is 6.47. The van der Waals surface area contributed by atoms with Crippen LogP contribution in [0.25, 0.3) is 0 Å². The van der Waals surface area contributed by atoms with Gasteiger partial charge in [0, 0.05) is 18.2 Å². The lowest BCUT2D eigenvalue weighted by Crippen LogP contribution is -2.10. The maximum Gasteiger partial charge on any atom is 0.135 e. The highest BCUT2D eigenvalue weighted by molar-refractivity contribution is 5.54. The molecule has 5 nitrogen and oxygen atoms in total. The van der Waals surface area contributed by atoms with Crippen molar-refractivity contribution in [3.8, 4) is 0 Å². The Kier molecular flexibility index (Phi) is 4.28. The summed E-state index contributed by atoms with van der Waals surface area (Å²) < 4.78 is 0. The molecule has 0 fully saturated rings. The van der Waals surface area contributed by atoms with Crippen LogP contribution in [0.2, 0.25) is 0 Å². The molecule has 0 amide bonds. The number of aromatic nitrogens is 3. The van der Waals surface area contributed by atoms with E-state index in [1.165, 1.54) is 0 Å². The minimum atomic E-state index is 0.543. The lowest BCUT2D eigenvalue weighted by atomic mass is 10.2. The second kappa shape index (κ2) is 6.13. The van der Waals surface area contributed by atoms with Crippen LogP contribution >= 0.6 is 0 Å². The van der Waals surface area contributed by atoms with Crippen molar-refractivity contribution in [1.82, 2.24) is 15.0 Å². The van der Waals surface area contributed by atoms with Gasteiger partial charge < -0.3 is 11.1 Å². The van der Waals surface area contributed by atoms with Gasteiger partial charge in [0.15, 0.2) is 0 Å². The second-order valence-corrected chi connectivity index (χ2v) is 4.42. The molecular formula is C14H19N5. The highest BCUT2D eigenvalue weighted by atomic mass is 15.1. The third-order valence-corrected chi connectivity index (χ3v) is 2.87. The minimum Gasteiger partial charge on any atom is -0.383 e. The summed E-state index contributed by atoms with van der Waals surface area (Å²) in [6.07, 6.45) is 3.62. The first-order valence-electron chi connectivity index (χ1n) is 6.47. The number of nitrogens with zero attached hydrogens (tertiary/aromatic N) is 3. The molecule has 0 aliphatic rings. The van der Waals surface area contributed by atoms with E-state index in [0.717, 1.165) is 35.7 Å². The molecule has 100 valence electrons. The maximum absolute atomic E-state index is 5.91. The number of hydrogen-bond acceptors (Lipinski definition) is 5. The van der Waals surface area contributed by atoms with Gasteiger partial charge in [-0.2, -0.15) is 0 Å². The number of rotatable bonds is 5. The van der Waals surface area contributed by atoms with Crippen molar-refractivity contribution in [1.29, 1.82) is 0 Å². The summed E-state index contributed by atoms with van der Waals surface area (Å²) in [6, 6.07) is 5.84. The molecule has 0 atom stereocenters. The Morgan fingerprint density at radius 1 is 1.26 bits per heavy atom. The molecule has 19 heavy (non-hydrogen) atoms. The van der Waals surface area contributed by atoms with E-state index in [0.29, 0.717) is 12.4 Å². The normalized spacial score (nSPS) is 10.4. The van der Waals surface area contributed by atoms with Crippen LogP contribution in [0.15, 0.2) is 24.4 Å². The van der Waals surface area contributed by atoms with Gasteiger partial charge in [-0.25, -0.2) is 9.97 Å². The summed E-state index contributed by atoms with van der Waals surface area (Å²) in [5.74, 6) is 2.12. The van der Waals surface area contributed by atoms with Crippen LogP contribution in [0.3, 0.4) is 0 Å². The number of nitrogens with two attached hydrogens (primary N) is 1. The van der Waals surface area contributed by atoms with E-state index in [9.17, 15) is 0 Å². The number of aryl methyl sites for hydroxylation is 1. The van der Waals surface area contributed by atoms with Gasteiger partial charge in [-0.3, -0.25) is 4.98 Å². The summed E-state index contributed by atoms with van der Waals surface area (Å²) >= 11 is 0. The number of pyridine rings is 1. The molecule has 2 rings (SSSR count). The van der Waals surface area contributed by atoms with E-state index in [4.69, 9.17) is 5.73 Å². The molecule has 2 aromatic heterocycles. The quantitative estimate of drug-likeness (QED) is 0.859. The second-order valence-electron chi connectivity index (χ2n) is 4.42.